The van der Waals surface area contributed by atoms with E-state index in [1.807, 2.05) is 13.8 Å². The predicted molar refractivity (Wildman–Crippen MR) is 73.2 cm³/mol. The van der Waals surface area contributed by atoms with Gasteiger partial charge in [0.2, 0.25) is 0 Å². The molecule has 2 nitrogen and oxygen atoms in total. The first-order valence-corrected chi connectivity index (χ1v) is 6.83. The van der Waals surface area contributed by atoms with Crippen molar-refractivity contribution in [3.63, 3.8) is 0 Å². The minimum Gasteiger partial charge on any atom is -0.394 e. The van der Waals surface area contributed by atoms with Crippen molar-refractivity contribution < 1.29 is 18.3 Å². The molecule has 0 heterocycles. The highest BCUT2D eigenvalue weighted by Crippen LogP contribution is 2.38. The van der Waals surface area contributed by atoms with Crippen LogP contribution in [0.3, 0.4) is 0 Å². The molecular weight excluding hydrogens is 323 g/mol. The summed E-state index contributed by atoms with van der Waals surface area (Å²) < 4.78 is 39.3. The first kappa shape index (κ1) is 16.3. The molecule has 0 saturated carbocycles. The minimum absolute atomic E-state index is 0.00606. The summed E-state index contributed by atoms with van der Waals surface area (Å²) >= 11 is 3.04. The van der Waals surface area contributed by atoms with Crippen LogP contribution >= 0.6 is 15.9 Å². The molecule has 0 aliphatic carbocycles. The van der Waals surface area contributed by atoms with Gasteiger partial charge in [-0.3, -0.25) is 0 Å². The van der Waals surface area contributed by atoms with Crippen molar-refractivity contribution in [1.29, 1.82) is 0 Å². The molecule has 1 rings (SSSR count). The normalized spacial score (nSPS) is 12.6. The molecule has 0 fully saturated rings. The van der Waals surface area contributed by atoms with E-state index in [9.17, 15) is 18.3 Å². The Labute approximate surface area is 119 Å². The molecule has 0 spiro atoms. The zero-order valence-electron chi connectivity index (χ0n) is 10.8. The Morgan fingerprint density at radius 3 is 2.21 bits per heavy atom. The van der Waals surface area contributed by atoms with Gasteiger partial charge < -0.3 is 10.4 Å². The molecular formula is C13H17BrF3NO. The van der Waals surface area contributed by atoms with Gasteiger partial charge in [0.05, 0.1) is 17.7 Å². The van der Waals surface area contributed by atoms with E-state index in [-0.39, 0.29) is 12.3 Å². The zero-order valence-corrected chi connectivity index (χ0v) is 12.4. The fourth-order valence-electron chi connectivity index (χ4n) is 1.84. The quantitative estimate of drug-likeness (QED) is 0.831. The molecule has 2 N–H and O–H groups in total. The third kappa shape index (κ3) is 3.86. The molecule has 19 heavy (non-hydrogen) atoms. The van der Waals surface area contributed by atoms with Gasteiger partial charge in [0.25, 0.3) is 0 Å². The van der Waals surface area contributed by atoms with Crippen LogP contribution in [0.25, 0.3) is 0 Å². The van der Waals surface area contributed by atoms with Crippen LogP contribution in [0, 0.1) is 0 Å². The smallest absolute Gasteiger partial charge is 0.394 e. The number of benzene rings is 1. The van der Waals surface area contributed by atoms with Crippen molar-refractivity contribution in [2.75, 3.05) is 11.9 Å². The molecule has 6 heteroatoms. The van der Waals surface area contributed by atoms with E-state index >= 15 is 0 Å². The summed E-state index contributed by atoms with van der Waals surface area (Å²) in [5.41, 5.74) is -1.47. The second-order valence-corrected chi connectivity index (χ2v) is 5.37. The minimum atomic E-state index is -4.44. The summed E-state index contributed by atoms with van der Waals surface area (Å²) in [6.45, 7) is 3.45. The number of halogens is 4. The van der Waals surface area contributed by atoms with Gasteiger partial charge in [-0.1, -0.05) is 29.8 Å². The van der Waals surface area contributed by atoms with Crippen LogP contribution in [0.15, 0.2) is 22.7 Å². The number of hydrogen-bond acceptors (Lipinski definition) is 2. The lowest BCUT2D eigenvalue weighted by molar-refractivity contribution is -0.137. The number of nitrogens with one attached hydrogen (secondary N) is 1. The summed E-state index contributed by atoms with van der Waals surface area (Å²) in [4.78, 5) is 0. The molecule has 0 saturated heterocycles. The Balaban J connectivity index is 3.21. The predicted octanol–water partition coefficient (Wildman–Crippen LogP) is 4.43. The maximum atomic E-state index is 13.0. The summed E-state index contributed by atoms with van der Waals surface area (Å²) in [6, 6.07) is 3.96. The van der Waals surface area contributed by atoms with Gasteiger partial charge in [0, 0.05) is 10.2 Å². The van der Waals surface area contributed by atoms with Crippen molar-refractivity contribution in [1.82, 2.24) is 0 Å². The Kier molecular flexibility index (Phi) is 5.26. The molecule has 0 aromatic heterocycles. The molecule has 1 aromatic carbocycles. The van der Waals surface area contributed by atoms with E-state index < -0.39 is 17.3 Å². The second-order valence-electron chi connectivity index (χ2n) is 4.46. The summed E-state index contributed by atoms with van der Waals surface area (Å²) in [5, 5.41) is 12.3. The lowest BCUT2D eigenvalue weighted by Gasteiger charge is -2.33. The fourth-order valence-corrected chi connectivity index (χ4v) is 2.20. The largest absolute Gasteiger partial charge is 0.418 e. The standard InChI is InChI=1S/C13H17BrF3NO/c1-3-12(4-2,8-19)18-11-6-5-9(14)7-10(11)13(15,16)17/h5-7,18-19H,3-4,8H2,1-2H3. The van der Waals surface area contributed by atoms with E-state index in [2.05, 4.69) is 21.2 Å². The molecule has 0 aliphatic rings. The number of alkyl halides is 3. The first-order valence-electron chi connectivity index (χ1n) is 6.04. The van der Waals surface area contributed by atoms with E-state index in [4.69, 9.17) is 0 Å². The SMILES string of the molecule is CCC(CC)(CO)Nc1ccc(Br)cc1C(F)(F)F. The van der Waals surface area contributed by atoms with Gasteiger partial charge in [-0.25, -0.2) is 0 Å². The van der Waals surface area contributed by atoms with Crippen LogP contribution in [-0.2, 0) is 6.18 Å². The van der Waals surface area contributed by atoms with E-state index in [1.165, 1.54) is 6.07 Å². The van der Waals surface area contributed by atoms with Crippen LogP contribution < -0.4 is 5.32 Å². The summed E-state index contributed by atoms with van der Waals surface area (Å²) in [6.07, 6.45) is -3.37. The second kappa shape index (κ2) is 6.13. The van der Waals surface area contributed by atoms with E-state index in [0.29, 0.717) is 17.3 Å². The first-order chi connectivity index (χ1) is 8.78. The summed E-state index contributed by atoms with van der Waals surface area (Å²) in [7, 11) is 0. The molecule has 0 atom stereocenters. The number of aliphatic hydroxyl groups excluding tert-OH is 1. The topological polar surface area (TPSA) is 32.3 Å². The van der Waals surface area contributed by atoms with Gasteiger partial charge in [-0.2, -0.15) is 13.2 Å². The van der Waals surface area contributed by atoms with Gasteiger partial charge in [0.1, 0.15) is 0 Å². The Bertz CT molecular complexity index is 422. The number of anilines is 1. The van der Waals surface area contributed by atoms with Gasteiger partial charge >= 0.3 is 6.18 Å². The maximum Gasteiger partial charge on any atom is 0.418 e. The monoisotopic (exact) mass is 339 g/mol. The molecule has 0 amide bonds. The Morgan fingerprint density at radius 1 is 1.21 bits per heavy atom. The van der Waals surface area contributed by atoms with Crippen molar-refractivity contribution in [2.45, 2.75) is 38.4 Å². The Morgan fingerprint density at radius 2 is 1.79 bits per heavy atom. The number of rotatable bonds is 5. The molecule has 0 bridgehead atoms. The highest BCUT2D eigenvalue weighted by atomic mass is 79.9. The zero-order chi connectivity index (χ0) is 14.7. The third-order valence-electron chi connectivity index (χ3n) is 3.34. The molecule has 0 unspecified atom stereocenters. The van der Waals surface area contributed by atoms with Crippen molar-refractivity contribution >= 4 is 21.6 Å². The molecule has 108 valence electrons. The highest BCUT2D eigenvalue weighted by Gasteiger charge is 2.36. The average Bonchev–Trinajstić information content (AvgIpc) is 2.37. The number of aliphatic hydroxyl groups is 1. The molecule has 1 aromatic rings. The lowest BCUT2D eigenvalue weighted by Crippen LogP contribution is -2.41. The van der Waals surface area contributed by atoms with Gasteiger partial charge in [-0.05, 0) is 31.0 Å². The number of hydrogen-bond donors (Lipinski definition) is 2. The van der Waals surface area contributed by atoms with Gasteiger partial charge in [0.15, 0.2) is 0 Å². The fraction of sp³-hybridized carbons (Fsp3) is 0.538. The van der Waals surface area contributed by atoms with Crippen LogP contribution in [0.1, 0.15) is 32.3 Å². The van der Waals surface area contributed by atoms with Crippen LogP contribution in [-0.4, -0.2) is 17.3 Å². The molecule has 0 aliphatic heterocycles. The van der Waals surface area contributed by atoms with Crippen molar-refractivity contribution in [2.24, 2.45) is 0 Å². The lowest BCUT2D eigenvalue weighted by atomic mass is 9.93. The third-order valence-corrected chi connectivity index (χ3v) is 3.84. The maximum absolute atomic E-state index is 13.0. The average molecular weight is 340 g/mol. The van der Waals surface area contributed by atoms with Crippen LogP contribution in [0.5, 0.6) is 0 Å². The van der Waals surface area contributed by atoms with Crippen LogP contribution in [0.4, 0.5) is 18.9 Å². The van der Waals surface area contributed by atoms with Crippen LogP contribution in [0.2, 0.25) is 0 Å². The van der Waals surface area contributed by atoms with Crippen molar-refractivity contribution in [3.05, 3.63) is 28.2 Å². The Hall–Kier alpha value is -0.750. The van der Waals surface area contributed by atoms with E-state index in [1.54, 1.807) is 6.07 Å². The van der Waals surface area contributed by atoms with Crippen molar-refractivity contribution in [3.8, 4) is 0 Å². The molecule has 0 radical (unpaired) electrons. The van der Waals surface area contributed by atoms with Gasteiger partial charge in [-0.15, -0.1) is 0 Å². The summed E-state index contributed by atoms with van der Waals surface area (Å²) in [5.74, 6) is 0. The van der Waals surface area contributed by atoms with E-state index in [0.717, 1.165) is 6.07 Å². The highest BCUT2D eigenvalue weighted by molar-refractivity contribution is 9.10.